The van der Waals surface area contributed by atoms with Crippen molar-refractivity contribution in [1.82, 2.24) is 34.1 Å². The summed E-state index contributed by atoms with van der Waals surface area (Å²) < 4.78 is 2.66. The van der Waals surface area contributed by atoms with Crippen LogP contribution in [-0.4, -0.2) is 53.1 Å². The van der Waals surface area contributed by atoms with E-state index in [1.54, 1.807) is 31.5 Å². The molecular weight excluding hydrogens is 450 g/mol. The Morgan fingerprint density at radius 1 is 1.14 bits per heavy atom. The van der Waals surface area contributed by atoms with E-state index in [2.05, 4.69) is 35.1 Å². The second kappa shape index (κ2) is 7.86. The number of nitrogens with zero attached hydrogens (tertiary/aromatic N) is 7. The lowest BCUT2D eigenvalue weighted by molar-refractivity contribution is -0.118. The molecule has 5 heterocycles. The number of pyridine rings is 1. The molecule has 2 N–H and O–H groups in total. The molecule has 1 amide bonds. The van der Waals surface area contributed by atoms with Crippen LogP contribution in [0.1, 0.15) is 19.4 Å². The van der Waals surface area contributed by atoms with E-state index in [-0.39, 0.29) is 17.1 Å². The molecule has 1 aliphatic carbocycles. The van der Waals surface area contributed by atoms with E-state index in [1.165, 1.54) is 28.9 Å². The van der Waals surface area contributed by atoms with Crippen molar-refractivity contribution in [2.24, 2.45) is 18.9 Å². The van der Waals surface area contributed by atoms with Gasteiger partial charge < -0.3 is 14.8 Å². The van der Waals surface area contributed by atoms with Gasteiger partial charge in [-0.15, -0.1) is 0 Å². The molecular formula is C23H23N9O3. The van der Waals surface area contributed by atoms with Gasteiger partial charge in [-0.2, -0.15) is 0 Å². The van der Waals surface area contributed by atoms with Crippen molar-refractivity contribution in [1.29, 1.82) is 0 Å². The van der Waals surface area contributed by atoms with Gasteiger partial charge in [0.25, 0.3) is 5.56 Å². The van der Waals surface area contributed by atoms with Crippen LogP contribution >= 0.6 is 0 Å². The minimum Gasteiger partial charge on any atom is -0.340 e. The zero-order chi connectivity index (χ0) is 24.3. The number of fused-ring (bicyclic) bond motifs is 2. The quantitative estimate of drug-likeness (QED) is 0.436. The molecule has 4 aromatic heterocycles. The van der Waals surface area contributed by atoms with Gasteiger partial charge in [-0.1, -0.05) is 6.07 Å². The van der Waals surface area contributed by atoms with Gasteiger partial charge in [0.15, 0.2) is 11.2 Å². The van der Waals surface area contributed by atoms with Gasteiger partial charge in [0, 0.05) is 38.1 Å². The van der Waals surface area contributed by atoms with E-state index in [0.29, 0.717) is 11.5 Å². The number of rotatable bonds is 5. The van der Waals surface area contributed by atoms with Gasteiger partial charge in [-0.05, 0) is 37.3 Å². The third-order valence-corrected chi connectivity index (χ3v) is 6.83. The third-order valence-electron chi connectivity index (χ3n) is 6.83. The van der Waals surface area contributed by atoms with Gasteiger partial charge in [-0.25, -0.2) is 24.7 Å². The Kier molecular flexibility index (Phi) is 4.76. The molecule has 178 valence electrons. The molecule has 0 radical (unpaired) electrons. The van der Waals surface area contributed by atoms with Crippen LogP contribution < -0.4 is 21.5 Å². The lowest BCUT2D eigenvalue weighted by Gasteiger charge is -2.17. The summed E-state index contributed by atoms with van der Waals surface area (Å²) in [7, 11) is 1.50. The van der Waals surface area contributed by atoms with Crippen LogP contribution in [-0.2, 0) is 11.8 Å². The minimum atomic E-state index is -0.779. The Morgan fingerprint density at radius 2 is 1.89 bits per heavy atom. The van der Waals surface area contributed by atoms with Crippen molar-refractivity contribution in [3.8, 4) is 11.3 Å². The number of carbonyl (C=O) groups is 1. The van der Waals surface area contributed by atoms with Gasteiger partial charge >= 0.3 is 5.69 Å². The number of aromatic amines is 1. The SMILES string of the molecule is C[C@H](C(=O)Nc1cccc(-c2cnc(N3CC4CC4C3)nc2)n1)n1cnc2c1c(=O)[nH]c(=O)n2C. The molecule has 0 spiro atoms. The fraction of sp³-hybridized carbons (Fsp3) is 0.348. The number of imidazole rings is 1. The van der Waals surface area contributed by atoms with E-state index >= 15 is 0 Å². The van der Waals surface area contributed by atoms with Crippen molar-refractivity contribution < 1.29 is 4.79 Å². The molecule has 1 aliphatic heterocycles. The number of aromatic nitrogens is 7. The number of carbonyl (C=O) groups excluding carboxylic acids is 1. The molecule has 2 fully saturated rings. The summed E-state index contributed by atoms with van der Waals surface area (Å²) in [5.74, 6) is 2.30. The number of hydrogen-bond acceptors (Lipinski definition) is 8. The molecule has 3 atom stereocenters. The zero-order valence-corrected chi connectivity index (χ0v) is 19.2. The largest absolute Gasteiger partial charge is 0.340 e. The first-order valence-electron chi connectivity index (χ1n) is 11.4. The van der Waals surface area contributed by atoms with Crippen molar-refractivity contribution >= 4 is 28.8 Å². The lowest BCUT2D eigenvalue weighted by atomic mass is 10.2. The number of aryl methyl sites for hydroxylation is 1. The van der Waals surface area contributed by atoms with Crippen molar-refractivity contribution in [3.63, 3.8) is 0 Å². The Morgan fingerprint density at radius 3 is 2.63 bits per heavy atom. The number of amides is 1. The Labute approximate surface area is 198 Å². The number of hydrogen-bond donors (Lipinski definition) is 2. The molecule has 12 nitrogen and oxygen atoms in total. The topological polar surface area (TPSA) is 144 Å². The first-order valence-corrected chi connectivity index (χ1v) is 11.4. The first-order chi connectivity index (χ1) is 16.9. The Balaban J connectivity index is 1.20. The normalized spacial score (nSPS) is 19.5. The summed E-state index contributed by atoms with van der Waals surface area (Å²) in [6.07, 6.45) is 6.19. The summed E-state index contributed by atoms with van der Waals surface area (Å²) >= 11 is 0. The van der Waals surface area contributed by atoms with Crippen molar-refractivity contribution in [2.45, 2.75) is 19.4 Å². The van der Waals surface area contributed by atoms with Crippen LogP contribution in [0.2, 0.25) is 0 Å². The second-order valence-electron chi connectivity index (χ2n) is 9.15. The average molecular weight is 473 g/mol. The standard InChI is InChI=1S/C23H23N9O3/c1-12(32-11-26-19-18(32)21(34)29-23(35)30(19)2)20(33)28-17-5-3-4-16(27-17)15-7-24-22(25-8-15)31-9-13-6-14(13)10-31/h3-5,7-8,11-14H,6,9-10H2,1-2H3,(H,27,28,33)(H,29,34,35)/t12-,13?,14?/m1/s1. The van der Waals surface area contributed by atoms with E-state index in [4.69, 9.17) is 0 Å². The van der Waals surface area contributed by atoms with E-state index < -0.39 is 17.3 Å². The molecule has 12 heteroatoms. The van der Waals surface area contributed by atoms with E-state index in [0.717, 1.165) is 36.4 Å². The summed E-state index contributed by atoms with van der Waals surface area (Å²) in [5.41, 5.74) is 0.549. The highest BCUT2D eigenvalue weighted by atomic mass is 16.2. The molecule has 1 saturated carbocycles. The predicted octanol–water partition coefficient (Wildman–Crippen LogP) is 0.931. The van der Waals surface area contributed by atoms with E-state index in [9.17, 15) is 14.4 Å². The number of H-pyrrole nitrogens is 1. The Bertz CT molecular complexity index is 1560. The molecule has 2 aliphatic rings. The van der Waals surface area contributed by atoms with Crippen LogP contribution in [0.4, 0.5) is 11.8 Å². The highest BCUT2D eigenvalue weighted by Crippen LogP contribution is 2.45. The highest BCUT2D eigenvalue weighted by molar-refractivity contribution is 5.93. The molecule has 4 aromatic rings. The number of nitrogens with one attached hydrogen (secondary N) is 2. The van der Waals surface area contributed by atoms with Crippen LogP contribution in [0.3, 0.4) is 0 Å². The molecule has 0 aromatic carbocycles. The highest BCUT2D eigenvalue weighted by Gasteiger charge is 2.45. The minimum absolute atomic E-state index is 0.143. The van der Waals surface area contributed by atoms with Crippen LogP contribution in [0.15, 0.2) is 46.5 Å². The van der Waals surface area contributed by atoms with Gasteiger partial charge in [0.1, 0.15) is 11.9 Å². The second-order valence-corrected chi connectivity index (χ2v) is 9.15. The maximum Gasteiger partial charge on any atom is 0.329 e. The molecule has 1 saturated heterocycles. The van der Waals surface area contributed by atoms with Crippen LogP contribution in [0.25, 0.3) is 22.4 Å². The summed E-state index contributed by atoms with van der Waals surface area (Å²) in [4.78, 5) is 59.3. The summed E-state index contributed by atoms with van der Waals surface area (Å²) in [6, 6.07) is 4.52. The zero-order valence-electron chi connectivity index (χ0n) is 19.2. The molecule has 6 rings (SSSR count). The monoisotopic (exact) mass is 473 g/mol. The maximum absolute atomic E-state index is 13.0. The molecule has 35 heavy (non-hydrogen) atoms. The first kappa shape index (κ1) is 21.2. The number of anilines is 2. The molecule has 2 unspecified atom stereocenters. The summed E-state index contributed by atoms with van der Waals surface area (Å²) in [5, 5.41) is 2.79. The lowest BCUT2D eigenvalue weighted by Crippen LogP contribution is -2.31. The Hall–Kier alpha value is -4.35. The fourth-order valence-corrected chi connectivity index (χ4v) is 4.65. The van der Waals surface area contributed by atoms with Gasteiger partial charge in [0.05, 0.1) is 12.0 Å². The third kappa shape index (κ3) is 3.66. The van der Waals surface area contributed by atoms with Gasteiger partial charge in [-0.3, -0.25) is 19.1 Å². The number of piperidine rings is 1. The smallest absolute Gasteiger partial charge is 0.329 e. The van der Waals surface area contributed by atoms with Crippen molar-refractivity contribution in [3.05, 3.63) is 57.8 Å². The van der Waals surface area contributed by atoms with Gasteiger partial charge in [0.2, 0.25) is 11.9 Å². The van der Waals surface area contributed by atoms with Crippen molar-refractivity contribution in [2.75, 3.05) is 23.3 Å². The van der Waals surface area contributed by atoms with Crippen LogP contribution in [0.5, 0.6) is 0 Å². The fourth-order valence-electron chi connectivity index (χ4n) is 4.65. The molecule has 0 bridgehead atoms. The van der Waals surface area contributed by atoms with E-state index in [1.807, 2.05) is 6.07 Å². The predicted molar refractivity (Wildman–Crippen MR) is 128 cm³/mol. The average Bonchev–Trinajstić information content (AvgIpc) is 3.25. The maximum atomic E-state index is 13.0. The summed E-state index contributed by atoms with van der Waals surface area (Å²) in [6.45, 7) is 3.69. The van der Waals surface area contributed by atoms with Crippen LogP contribution in [0, 0.1) is 11.8 Å².